The molecule has 0 saturated heterocycles. The zero-order chi connectivity index (χ0) is 21.3. The number of fused-ring (bicyclic) bond motifs is 1. The van der Waals surface area contributed by atoms with Crippen molar-refractivity contribution in [2.45, 2.75) is 19.5 Å². The molecule has 1 atom stereocenters. The molecule has 3 aromatic rings. The molecular formula is C20H17F4N3O2. The summed E-state index contributed by atoms with van der Waals surface area (Å²) in [6.07, 6.45) is 1.34. The molecule has 2 aromatic carbocycles. The first-order valence-corrected chi connectivity index (χ1v) is 8.64. The monoisotopic (exact) mass is 407 g/mol. The number of aromatic amines is 1. The Labute approximate surface area is 163 Å². The average molecular weight is 407 g/mol. The Kier molecular flexibility index (Phi) is 5.58. The van der Waals surface area contributed by atoms with Crippen molar-refractivity contribution in [3.63, 3.8) is 0 Å². The summed E-state index contributed by atoms with van der Waals surface area (Å²) in [6, 6.07) is 3.85. The Hall–Kier alpha value is -3.36. The van der Waals surface area contributed by atoms with E-state index in [0.717, 1.165) is 24.3 Å². The number of carbonyl (C=O) groups is 1. The van der Waals surface area contributed by atoms with Gasteiger partial charge in [0.2, 0.25) is 0 Å². The maximum atomic E-state index is 13.7. The molecule has 2 N–H and O–H groups in total. The fourth-order valence-electron chi connectivity index (χ4n) is 2.95. The van der Waals surface area contributed by atoms with Crippen LogP contribution in [0.15, 0.2) is 41.3 Å². The van der Waals surface area contributed by atoms with Gasteiger partial charge in [-0.3, -0.25) is 4.79 Å². The molecule has 1 heterocycles. The van der Waals surface area contributed by atoms with Crippen molar-refractivity contribution in [3.8, 4) is 0 Å². The summed E-state index contributed by atoms with van der Waals surface area (Å²) in [5, 5.41) is 2.71. The molecule has 0 aliphatic heterocycles. The molecule has 0 unspecified atom stereocenters. The van der Waals surface area contributed by atoms with Crippen LogP contribution in [0, 0.1) is 23.3 Å². The maximum absolute atomic E-state index is 13.7. The van der Waals surface area contributed by atoms with Crippen LogP contribution in [0.25, 0.3) is 10.8 Å². The second-order valence-electron chi connectivity index (χ2n) is 6.58. The van der Waals surface area contributed by atoms with Crippen molar-refractivity contribution < 1.29 is 22.4 Å². The van der Waals surface area contributed by atoms with Gasteiger partial charge in [0.25, 0.3) is 5.56 Å². The molecule has 0 aliphatic rings. The van der Waals surface area contributed by atoms with Gasteiger partial charge in [0.1, 0.15) is 0 Å². The SMILES string of the molecule is C[C@H](c1c[nH]c(=O)c2cc(F)c(F)cc12)N(C)C(=O)NCc1ccc(F)c(F)c1. The number of carbonyl (C=O) groups excluding carboxylic acids is 1. The summed E-state index contributed by atoms with van der Waals surface area (Å²) < 4.78 is 53.5. The standard InChI is InChI=1S/C20H17F4N3O2/c1-10(14-9-25-19(28)13-7-18(24)17(23)6-12(13)14)27(2)20(29)26-8-11-3-4-15(21)16(22)5-11/h3-7,9-10H,8H2,1-2H3,(H,25,28)(H,26,29)/t10-/m1/s1. The van der Waals surface area contributed by atoms with E-state index in [0.29, 0.717) is 11.1 Å². The van der Waals surface area contributed by atoms with Gasteiger partial charge in [-0.15, -0.1) is 0 Å². The Morgan fingerprint density at radius 2 is 1.66 bits per heavy atom. The van der Waals surface area contributed by atoms with E-state index in [9.17, 15) is 27.2 Å². The van der Waals surface area contributed by atoms with Crippen molar-refractivity contribution in [2.75, 3.05) is 7.05 Å². The summed E-state index contributed by atoms with van der Waals surface area (Å²) >= 11 is 0. The van der Waals surface area contributed by atoms with Crippen LogP contribution in [0.4, 0.5) is 22.4 Å². The largest absolute Gasteiger partial charge is 0.334 e. The third-order valence-corrected chi connectivity index (χ3v) is 4.75. The molecule has 2 amide bonds. The van der Waals surface area contributed by atoms with Crippen LogP contribution in [0.3, 0.4) is 0 Å². The molecule has 5 nitrogen and oxygen atoms in total. The highest BCUT2D eigenvalue weighted by Crippen LogP contribution is 2.26. The van der Waals surface area contributed by atoms with E-state index >= 15 is 0 Å². The number of H-pyrrole nitrogens is 1. The number of amides is 2. The molecule has 1 aromatic heterocycles. The van der Waals surface area contributed by atoms with Crippen LogP contribution in [0.2, 0.25) is 0 Å². The fourth-order valence-corrected chi connectivity index (χ4v) is 2.95. The van der Waals surface area contributed by atoms with Gasteiger partial charge >= 0.3 is 6.03 Å². The highest BCUT2D eigenvalue weighted by molar-refractivity contribution is 5.86. The molecule has 0 bridgehead atoms. The van der Waals surface area contributed by atoms with Crippen LogP contribution in [-0.4, -0.2) is 23.0 Å². The number of nitrogens with one attached hydrogen (secondary N) is 2. The van der Waals surface area contributed by atoms with E-state index in [2.05, 4.69) is 10.3 Å². The zero-order valence-electron chi connectivity index (χ0n) is 15.5. The topological polar surface area (TPSA) is 65.2 Å². The number of nitrogens with zero attached hydrogens (tertiary/aromatic N) is 1. The third-order valence-electron chi connectivity index (χ3n) is 4.75. The first-order chi connectivity index (χ1) is 13.7. The first-order valence-electron chi connectivity index (χ1n) is 8.64. The lowest BCUT2D eigenvalue weighted by molar-refractivity contribution is 0.194. The normalized spacial score (nSPS) is 12.1. The zero-order valence-corrected chi connectivity index (χ0v) is 15.5. The Morgan fingerprint density at radius 1 is 1.03 bits per heavy atom. The average Bonchev–Trinajstić information content (AvgIpc) is 2.69. The lowest BCUT2D eigenvalue weighted by atomic mass is 10.0. The van der Waals surface area contributed by atoms with Crippen LogP contribution in [0.1, 0.15) is 24.1 Å². The Bertz CT molecular complexity index is 1150. The molecule has 0 saturated carbocycles. The third kappa shape index (κ3) is 4.08. The lowest BCUT2D eigenvalue weighted by Gasteiger charge is -2.26. The number of rotatable bonds is 4. The first kappa shape index (κ1) is 20.4. The van der Waals surface area contributed by atoms with E-state index in [1.807, 2.05) is 0 Å². The predicted octanol–water partition coefficient (Wildman–Crippen LogP) is 3.99. The summed E-state index contributed by atoms with van der Waals surface area (Å²) in [6.45, 7) is 1.60. The van der Waals surface area contributed by atoms with Gasteiger partial charge in [0.05, 0.1) is 11.4 Å². The predicted molar refractivity (Wildman–Crippen MR) is 99.3 cm³/mol. The quantitative estimate of drug-likeness (QED) is 0.643. The molecule has 152 valence electrons. The van der Waals surface area contributed by atoms with Gasteiger partial charge in [0, 0.05) is 19.8 Å². The van der Waals surface area contributed by atoms with Gasteiger partial charge in [-0.1, -0.05) is 6.07 Å². The van der Waals surface area contributed by atoms with Crippen molar-refractivity contribution in [1.82, 2.24) is 15.2 Å². The minimum absolute atomic E-state index is 0.0381. The molecular weight excluding hydrogens is 390 g/mol. The van der Waals surface area contributed by atoms with Crippen molar-refractivity contribution >= 4 is 16.8 Å². The van der Waals surface area contributed by atoms with Crippen LogP contribution >= 0.6 is 0 Å². The number of halogens is 4. The summed E-state index contributed by atoms with van der Waals surface area (Å²) in [5.41, 5.74) is 0.189. The van der Waals surface area contributed by atoms with E-state index < -0.39 is 40.9 Å². The molecule has 3 rings (SSSR count). The van der Waals surface area contributed by atoms with Crippen LogP contribution < -0.4 is 10.9 Å². The summed E-state index contributed by atoms with van der Waals surface area (Å²) in [4.78, 5) is 28.1. The minimum Gasteiger partial charge on any atom is -0.334 e. The highest BCUT2D eigenvalue weighted by Gasteiger charge is 2.21. The minimum atomic E-state index is -1.15. The number of hydrogen-bond acceptors (Lipinski definition) is 2. The molecule has 29 heavy (non-hydrogen) atoms. The molecule has 9 heteroatoms. The molecule has 0 radical (unpaired) electrons. The van der Waals surface area contributed by atoms with E-state index in [1.165, 1.54) is 24.2 Å². The van der Waals surface area contributed by atoms with Gasteiger partial charge in [0.15, 0.2) is 23.3 Å². The molecule has 0 spiro atoms. The van der Waals surface area contributed by atoms with Crippen molar-refractivity contribution in [1.29, 1.82) is 0 Å². The van der Waals surface area contributed by atoms with Gasteiger partial charge in [-0.05, 0) is 47.7 Å². The second-order valence-corrected chi connectivity index (χ2v) is 6.58. The number of hydrogen-bond donors (Lipinski definition) is 2. The van der Waals surface area contributed by atoms with Crippen LogP contribution in [-0.2, 0) is 6.54 Å². The van der Waals surface area contributed by atoms with Crippen LogP contribution in [0.5, 0.6) is 0 Å². The van der Waals surface area contributed by atoms with E-state index in [1.54, 1.807) is 6.92 Å². The van der Waals surface area contributed by atoms with Gasteiger partial charge in [-0.2, -0.15) is 0 Å². The Morgan fingerprint density at radius 3 is 2.31 bits per heavy atom. The van der Waals surface area contributed by atoms with E-state index in [-0.39, 0.29) is 17.3 Å². The number of aromatic nitrogens is 1. The maximum Gasteiger partial charge on any atom is 0.317 e. The fraction of sp³-hybridized carbons (Fsp3) is 0.200. The second kappa shape index (κ2) is 7.94. The number of pyridine rings is 1. The molecule has 0 fully saturated rings. The highest BCUT2D eigenvalue weighted by atomic mass is 19.2. The smallest absolute Gasteiger partial charge is 0.317 e. The summed E-state index contributed by atoms with van der Waals surface area (Å²) in [7, 11) is 1.47. The number of urea groups is 1. The van der Waals surface area contributed by atoms with E-state index in [4.69, 9.17) is 0 Å². The summed E-state index contributed by atoms with van der Waals surface area (Å²) in [5.74, 6) is -4.26. The Balaban J connectivity index is 1.82. The van der Waals surface area contributed by atoms with Crippen molar-refractivity contribution in [2.24, 2.45) is 0 Å². The van der Waals surface area contributed by atoms with Gasteiger partial charge in [-0.25, -0.2) is 22.4 Å². The van der Waals surface area contributed by atoms with Crippen molar-refractivity contribution in [3.05, 3.63) is 81.3 Å². The molecule has 0 aliphatic carbocycles. The number of benzene rings is 2. The van der Waals surface area contributed by atoms with Gasteiger partial charge < -0.3 is 15.2 Å². The lowest BCUT2D eigenvalue weighted by Crippen LogP contribution is -2.38.